The minimum Gasteiger partial charge on any atom is -0.480 e. The van der Waals surface area contributed by atoms with E-state index in [2.05, 4.69) is 10.6 Å². The van der Waals surface area contributed by atoms with Gasteiger partial charge in [-0.2, -0.15) is 5.26 Å². The number of carbonyl (C=O) groups excluding carboxylic acids is 2. The van der Waals surface area contributed by atoms with E-state index in [-0.39, 0.29) is 17.9 Å². The van der Waals surface area contributed by atoms with Gasteiger partial charge in [0.15, 0.2) is 0 Å². The van der Waals surface area contributed by atoms with Crippen molar-refractivity contribution in [2.75, 3.05) is 5.32 Å². The van der Waals surface area contributed by atoms with Gasteiger partial charge in [-0.15, -0.1) is 0 Å². The monoisotopic (exact) mass is 351 g/mol. The maximum absolute atomic E-state index is 12.5. The van der Waals surface area contributed by atoms with Crippen LogP contribution in [-0.4, -0.2) is 28.9 Å². The number of aliphatic carboxylic acids is 1. The van der Waals surface area contributed by atoms with Gasteiger partial charge in [0.05, 0.1) is 22.9 Å². The van der Waals surface area contributed by atoms with Crippen molar-refractivity contribution in [3.05, 3.63) is 65.2 Å². The summed E-state index contributed by atoms with van der Waals surface area (Å²) in [6, 6.07) is 13.7. The number of amides is 2. The molecule has 26 heavy (non-hydrogen) atoms. The van der Waals surface area contributed by atoms with Gasteiger partial charge in [0.1, 0.15) is 6.04 Å². The maximum atomic E-state index is 12.5. The summed E-state index contributed by atoms with van der Waals surface area (Å²) in [4.78, 5) is 35.3. The average Bonchev–Trinajstić information content (AvgIpc) is 2.61. The Morgan fingerprint density at radius 1 is 1.12 bits per heavy atom. The van der Waals surface area contributed by atoms with E-state index >= 15 is 0 Å². The molecule has 0 spiro atoms. The lowest BCUT2D eigenvalue weighted by Crippen LogP contribution is -2.42. The van der Waals surface area contributed by atoms with Crippen LogP contribution in [0.15, 0.2) is 48.5 Å². The molecule has 0 saturated carbocycles. The van der Waals surface area contributed by atoms with Crippen LogP contribution < -0.4 is 10.6 Å². The fraction of sp³-hybridized carbons (Fsp3) is 0.158. The zero-order chi connectivity index (χ0) is 19.1. The smallest absolute Gasteiger partial charge is 0.326 e. The van der Waals surface area contributed by atoms with E-state index in [9.17, 15) is 19.5 Å². The Morgan fingerprint density at radius 2 is 1.77 bits per heavy atom. The number of hydrogen-bond donors (Lipinski definition) is 3. The van der Waals surface area contributed by atoms with E-state index in [1.54, 1.807) is 42.5 Å². The number of hydrogen-bond acceptors (Lipinski definition) is 4. The third kappa shape index (κ3) is 4.68. The second kappa shape index (κ2) is 8.44. The molecule has 0 aliphatic carbocycles. The van der Waals surface area contributed by atoms with E-state index in [1.165, 1.54) is 13.0 Å². The molecule has 0 heterocycles. The van der Waals surface area contributed by atoms with Crippen LogP contribution in [-0.2, 0) is 16.0 Å². The first kappa shape index (κ1) is 18.7. The van der Waals surface area contributed by atoms with E-state index in [4.69, 9.17) is 5.26 Å². The minimum absolute atomic E-state index is 0.0346. The molecule has 0 aromatic heterocycles. The third-order valence-electron chi connectivity index (χ3n) is 3.65. The summed E-state index contributed by atoms with van der Waals surface area (Å²) in [5, 5.41) is 23.5. The molecular weight excluding hydrogens is 334 g/mol. The predicted octanol–water partition coefficient (Wildman–Crippen LogP) is 1.94. The average molecular weight is 351 g/mol. The van der Waals surface area contributed by atoms with Gasteiger partial charge in [-0.25, -0.2) is 4.79 Å². The van der Waals surface area contributed by atoms with Crippen molar-refractivity contribution < 1.29 is 19.5 Å². The Labute approximate surface area is 150 Å². The molecule has 2 amide bonds. The van der Waals surface area contributed by atoms with Gasteiger partial charge in [-0.05, 0) is 23.8 Å². The molecule has 3 N–H and O–H groups in total. The standard InChI is InChI=1S/C19H17N3O4/c1-12(23)21-16-9-5-4-8-15(16)18(24)22-17(19(25)26)10-13-6-2-3-7-14(13)11-20/h2-9,17H,10H2,1H3,(H,21,23)(H,22,24)(H,25,26)/t17-/m1/s1. The van der Waals surface area contributed by atoms with Crippen molar-refractivity contribution in [2.24, 2.45) is 0 Å². The molecule has 0 aliphatic rings. The number of carboxylic acid groups (broad SMARTS) is 1. The number of nitriles is 1. The van der Waals surface area contributed by atoms with Crippen LogP contribution in [0.2, 0.25) is 0 Å². The number of para-hydroxylation sites is 1. The summed E-state index contributed by atoms with van der Waals surface area (Å²) < 4.78 is 0. The van der Waals surface area contributed by atoms with Crippen LogP contribution in [0.3, 0.4) is 0 Å². The topological polar surface area (TPSA) is 119 Å². The number of benzene rings is 2. The number of nitrogens with one attached hydrogen (secondary N) is 2. The van der Waals surface area contributed by atoms with Gasteiger partial charge < -0.3 is 15.7 Å². The van der Waals surface area contributed by atoms with Crippen LogP contribution in [0.25, 0.3) is 0 Å². The highest BCUT2D eigenvalue weighted by Crippen LogP contribution is 2.16. The molecule has 7 nitrogen and oxygen atoms in total. The second-order valence-electron chi connectivity index (χ2n) is 5.56. The molecule has 0 radical (unpaired) electrons. The fourth-order valence-electron chi connectivity index (χ4n) is 2.44. The lowest BCUT2D eigenvalue weighted by molar-refractivity contribution is -0.139. The molecule has 2 rings (SSSR count). The Balaban J connectivity index is 2.23. The van der Waals surface area contributed by atoms with Crippen molar-refractivity contribution in [1.82, 2.24) is 5.32 Å². The van der Waals surface area contributed by atoms with Crippen LogP contribution >= 0.6 is 0 Å². The SMILES string of the molecule is CC(=O)Nc1ccccc1C(=O)N[C@H](Cc1ccccc1C#N)C(=O)O. The number of carboxylic acids is 1. The van der Waals surface area contributed by atoms with Crippen molar-refractivity contribution in [2.45, 2.75) is 19.4 Å². The first-order valence-electron chi connectivity index (χ1n) is 7.80. The summed E-state index contributed by atoms with van der Waals surface area (Å²) in [5.74, 6) is -2.19. The van der Waals surface area contributed by atoms with Gasteiger partial charge in [0.2, 0.25) is 5.91 Å². The van der Waals surface area contributed by atoms with Gasteiger partial charge in [0.25, 0.3) is 5.91 Å². The number of carbonyl (C=O) groups is 3. The molecule has 0 unspecified atom stereocenters. The zero-order valence-corrected chi connectivity index (χ0v) is 14.0. The van der Waals surface area contributed by atoms with Crippen LogP contribution in [0.5, 0.6) is 0 Å². The lowest BCUT2D eigenvalue weighted by Gasteiger charge is -2.17. The normalized spacial score (nSPS) is 11.1. The first-order chi connectivity index (χ1) is 12.4. The van der Waals surface area contributed by atoms with Gasteiger partial charge in [-0.1, -0.05) is 30.3 Å². The lowest BCUT2D eigenvalue weighted by atomic mass is 10.0. The van der Waals surface area contributed by atoms with Crippen molar-refractivity contribution in [3.8, 4) is 6.07 Å². The van der Waals surface area contributed by atoms with Gasteiger partial charge in [-0.3, -0.25) is 9.59 Å². The van der Waals surface area contributed by atoms with Crippen LogP contribution in [0.1, 0.15) is 28.4 Å². The van der Waals surface area contributed by atoms with E-state index < -0.39 is 17.9 Å². The quantitative estimate of drug-likeness (QED) is 0.735. The summed E-state index contributed by atoms with van der Waals surface area (Å²) in [6.45, 7) is 1.31. The predicted molar refractivity (Wildman–Crippen MR) is 94.5 cm³/mol. The minimum atomic E-state index is -1.22. The zero-order valence-electron chi connectivity index (χ0n) is 14.0. The third-order valence-corrected chi connectivity index (χ3v) is 3.65. The number of anilines is 1. The highest BCUT2D eigenvalue weighted by atomic mass is 16.4. The van der Waals surface area contributed by atoms with Gasteiger partial charge in [0, 0.05) is 13.3 Å². The maximum Gasteiger partial charge on any atom is 0.326 e. The molecule has 0 fully saturated rings. The van der Waals surface area contributed by atoms with Crippen LogP contribution in [0.4, 0.5) is 5.69 Å². The van der Waals surface area contributed by atoms with Crippen molar-refractivity contribution in [1.29, 1.82) is 5.26 Å². The Morgan fingerprint density at radius 3 is 2.42 bits per heavy atom. The summed E-state index contributed by atoms with van der Waals surface area (Å²) in [5.41, 5.74) is 1.33. The van der Waals surface area contributed by atoms with E-state index in [0.717, 1.165) is 0 Å². The summed E-state index contributed by atoms with van der Waals surface area (Å²) >= 11 is 0. The molecule has 2 aromatic rings. The van der Waals surface area contributed by atoms with Crippen molar-refractivity contribution >= 4 is 23.5 Å². The van der Waals surface area contributed by atoms with Crippen LogP contribution in [0, 0.1) is 11.3 Å². The highest BCUT2D eigenvalue weighted by Gasteiger charge is 2.23. The van der Waals surface area contributed by atoms with E-state index in [0.29, 0.717) is 16.8 Å². The Bertz CT molecular complexity index is 886. The summed E-state index contributed by atoms with van der Waals surface area (Å²) in [6.07, 6.45) is -0.0346. The highest BCUT2D eigenvalue weighted by molar-refractivity contribution is 6.04. The molecule has 1 atom stereocenters. The number of nitrogens with zero attached hydrogens (tertiary/aromatic N) is 1. The molecule has 0 aliphatic heterocycles. The Kier molecular flexibility index (Phi) is 6.06. The molecule has 0 saturated heterocycles. The fourth-order valence-corrected chi connectivity index (χ4v) is 2.44. The van der Waals surface area contributed by atoms with E-state index in [1.807, 2.05) is 6.07 Å². The summed E-state index contributed by atoms with van der Waals surface area (Å²) in [7, 11) is 0. The molecule has 0 bridgehead atoms. The molecule has 132 valence electrons. The van der Waals surface area contributed by atoms with Crippen molar-refractivity contribution in [3.63, 3.8) is 0 Å². The molecule has 7 heteroatoms. The number of rotatable bonds is 6. The largest absolute Gasteiger partial charge is 0.480 e. The Hall–Kier alpha value is -3.66. The second-order valence-corrected chi connectivity index (χ2v) is 5.56. The molecular formula is C19H17N3O4. The molecule has 2 aromatic carbocycles. The first-order valence-corrected chi connectivity index (χ1v) is 7.80. The van der Waals surface area contributed by atoms with Gasteiger partial charge >= 0.3 is 5.97 Å².